The van der Waals surface area contributed by atoms with E-state index in [4.69, 9.17) is 4.74 Å². The van der Waals surface area contributed by atoms with E-state index in [0.717, 1.165) is 16.7 Å². The molecule has 0 aliphatic heterocycles. The van der Waals surface area contributed by atoms with Crippen LogP contribution in [0.2, 0.25) is 0 Å². The number of benzene rings is 1. The average Bonchev–Trinajstić information content (AvgIpc) is 2.84. The molecule has 1 aromatic carbocycles. The fourth-order valence-corrected chi connectivity index (χ4v) is 2.96. The lowest BCUT2D eigenvalue weighted by molar-refractivity contribution is -0.132. The molecule has 0 aliphatic carbocycles. The van der Waals surface area contributed by atoms with Crippen molar-refractivity contribution in [2.45, 2.75) is 6.92 Å². The molecule has 2 heterocycles. The highest BCUT2D eigenvalue weighted by molar-refractivity contribution is 9.10. The third-order valence-corrected chi connectivity index (χ3v) is 3.86. The lowest BCUT2D eigenvalue weighted by Crippen LogP contribution is -2.02. The molecule has 0 unspecified atom stereocenters. The molecule has 3 rings (SSSR count). The van der Waals surface area contributed by atoms with Gasteiger partial charge < -0.3 is 9.72 Å². The minimum absolute atomic E-state index is 0.314. The Morgan fingerprint density at radius 3 is 2.30 bits per heavy atom. The first-order valence-electron chi connectivity index (χ1n) is 6.82. The van der Waals surface area contributed by atoms with E-state index >= 15 is 0 Å². The van der Waals surface area contributed by atoms with E-state index < -0.39 is 5.97 Å². The lowest BCUT2D eigenvalue weighted by Gasteiger charge is -2.08. The highest BCUT2D eigenvalue weighted by atomic mass is 79.9. The number of nitrogens with one attached hydrogen (secondary N) is 1. The molecule has 0 spiro atoms. The van der Waals surface area contributed by atoms with Crippen LogP contribution >= 0.6 is 15.9 Å². The Kier molecular flexibility index (Phi) is 4.25. The fraction of sp³-hybridized carbons (Fsp3) is 0.0588. The number of aromatic nitrogens is 2. The normalized spacial score (nSPS) is 10.6. The molecule has 0 fully saturated rings. The summed E-state index contributed by atoms with van der Waals surface area (Å²) in [5.41, 5.74) is 3.12. The Balaban J connectivity index is 2.24. The van der Waals surface area contributed by atoms with Crippen molar-refractivity contribution in [1.29, 1.82) is 0 Å². The quantitative estimate of drug-likeness (QED) is 0.683. The van der Waals surface area contributed by atoms with Crippen LogP contribution in [0.1, 0.15) is 6.92 Å². The summed E-state index contributed by atoms with van der Waals surface area (Å²) in [7, 11) is 0. The van der Waals surface area contributed by atoms with Crippen molar-refractivity contribution in [3.8, 4) is 28.1 Å². The summed E-state index contributed by atoms with van der Waals surface area (Å²) in [5.74, 6) is -0.416. The second kappa shape index (κ2) is 6.34. The molecule has 0 bridgehead atoms. The molecule has 0 saturated heterocycles. The van der Waals surface area contributed by atoms with E-state index in [0.29, 0.717) is 16.0 Å². The number of ether oxygens (including phenoxy) is 1. The zero-order chi connectivity index (χ0) is 16.4. The van der Waals surface area contributed by atoms with Crippen LogP contribution in [0.15, 0.2) is 53.4 Å². The second-order valence-corrected chi connectivity index (χ2v) is 5.65. The number of carbonyl (C=O) groups is 1. The van der Waals surface area contributed by atoms with Crippen LogP contribution < -0.4 is 4.74 Å². The molecular weight excluding hydrogens is 363 g/mol. The zero-order valence-electron chi connectivity index (χ0n) is 12.1. The first kappa shape index (κ1) is 15.4. The smallest absolute Gasteiger partial charge is 0.309 e. The Morgan fingerprint density at radius 1 is 1.09 bits per heavy atom. The van der Waals surface area contributed by atoms with E-state index in [-0.39, 0.29) is 5.82 Å². The standard InChI is InChI=1S/C17H12BrFN2O2/c1-10(22)23-17-15(12-6-8-20-9-7-12)14(16(18)21-17)11-2-4-13(19)5-3-11/h2-9,21H,1H3. The third-order valence-electron chi connectivity index (χ3n) is 3.27. The molecule has 0 radical (unpaired) electrons. The van der Waals surface area contributed by atoms with Gasteiger partial charge in [0.1, 0.15) is 5.82 Å². The Hall–Kier alpha value is -2.47. The number of esters is 1. The molecule has 1 N–H and O–H groups in total. The Morgan fingerprint density at radius 2 is 1.70 bits per heavy atom. The van der Waals surface area contributed by atoms with Gasteiger partial charge in [0.05, 0.1) is 10.2 Å². The molecule has 4 nitrogen and oxygen atoms in total. The summed E-state index contributed by atoms with van der Waals surface area (Å²) < 4.78 is 19.1. The van der Waals surface area contributed by atoms with Crippen molar-refractivity contribution in [3.63, 3.8) is 0 Å². The minimum Gasteiger partial charge on any atom is -0.409 e. The van der Waals surface area contributed by atoms with Crippen LogP contribution in [0.4, 0.5) is 4.39 Å². The van der Waals surface area contributed by atoms with Crippen LogP contribution in [-0.2, 0) is 4.79 Å². The maximum atomic E-state index is 13.2. The molecule has 116 valence electrons. The van der Waals surface area contributed by atoms with Crippen LogP contribution in [-0.4, -0.2) is 15.9 Å². The van der Waals surface area contributed by atoms with Gasteiger partial charge in [0, 0.05) is 24.9 Å². The summed E-state index contributed by atoms with van der Waals surface area (Å²) in [6.45, 7) is 1.34. The number of H-pyrrole nitrogens is 1. The largest absolute Gasteiger partial charge is 0.409 e. The van der Waals surface area contributed by atoms with E-state index in [1.807, 2.05) is 12.1 Å². The molecule has 0 atom stereocenters. The lowest BCUT2D eigenvalue weighted by atomic mass is 9.99. The topological polar surface area (TPSA) is 55.0 Å². The van der Waals surface area contributed by atoms with Gasteiger partial charge in [-0.2, -0.15) is 0 Å². The van der Waals surface area contributed by atoms with Crippen LogP contribution in [0, 0.1) is 5.82 Å². The van der Waals surface area contributed by atoms with Crippen molar-refractivity contribution >= 4 is 21.9 Å². The zero-order valence-corrected chi connectivity index (χ0v) is 13.7. The van der Waals surface area contributed by atoms with Gasteiger partial charge in [0.15, 0.2) is 0 Å². The van der Waals surface area contributed by atoms with Crippen molar-refractivity contribution < 1.29 is 13.9 Å². The highest BCUT2D eigenvalue weighted by Gasteiger charge is 2.21. The molecule has 0 aliphatic rings. The Labute approximate surface area is 140 Å². The first-order chi connectivity index (χ1) is 11.1. The van der Waals surface area contributed by atoms with Gasteiger partial charge in [-0.1, -0.05) is 12.1 Å². The van der Waals surface area contributed by atoms with Gasteiger partial charge in [-0.3, -0.25) is 9.78 Å². The summed E-state index contributed by atoms with van der Waals surface area (Å²) in [6, 6.07) is 9.75. The van der Waals surface area contributed by atoms with Gasteiger partial charge in [-0.15, -0.1) is 0 Å². The number of halogens is 2. The number of pyridine rings is 1. The number of carbonyl (C=O) groups excluding carboxylic acids is 1. The molecule has 6 heteroatoms. The molecule has 23 heavy (non-hydrogen) atoms. The van der Waals surface area contributed by atoms with Gasteiger partial charge >= 0.3 is 5.97 Å². The molecule has 0 amide bonds. The predicted molar refractivity (Wildman–Crippen MR) is 88.4 cm³/mol. The highest BCUT2D eigenvalue weighted by Crippen LogP contribution is 2.44. The van der Waals surface area contributed by atoms with Gasteiger partial charge in [-0.25, -0.2) is 4.39 Å². The molecular formula is C17H12BrFN2O2. The maximum Gasteiger partial charge on any atom is 0.309 e. The second-order valence-electron chi connectivity index (χ2n) is 4.85. The Bertz CT molecular complexity index is 845. The van der Waals surface area contributed by atoms with Crippen molar-refractivity contribution in [2.24, 2.45) is 0 Å². The van der Waals surface area contributed by atoms with E-state index in [2.05, 4.69) is 25.9 Å². The van der Waals surface area contributed by atoms with Crippen LogP contribution in [0.3, 0.4) is 0 Å². The van der Waals surface area contributed by atoms with Crippen molar-refractivity contribution in [2.75, 3.05) is 0 Å². The summed E-state index contributed by atoms with van der Waals surface area (Å²) >= 11 is 3.45. The van der Waals surface area contributed by atoms with Gasteiger partial charge in [0.2, 0.25) is 5.88 Å². The van der Waals surface area contributed by atoms with Crippen molar-refractivity contribution in [1.82, 2.24) is 9.97 Å². The molecule has 3 aromatic rings. The van der Waals surface area contributed by atoms with Crippen LogP contribution in [0.5, 0.6) is 5.88 Å². The predicted octanol–water partition coefficient (Wildman–Crippen LogP) is 4.57. The molecule has 2 aromatic heterocycles. The van der Waals surface area contributed by atoms with Gasteiger partial charge in [-0.05, 0) is 51.3 Å². The number of aromatic amines is 1. The van der Waals surface area contributed by atoms with Crippen LogP contribution in [0.25, 0.3) is 22.3 Å². The summed E-state index contributed by atoms with van der Waals surface area (Å²) in [6.07, 6.45) is 3.31. The number of hydrogen-bond donors (Lipinski definition) is 1. The van der Waals surface area contributed by atoms with E-state index in [1.165, 1.54) is 19.1 Å². The van der Waals surface area contributed by atoms with Gasteiger partial charge in [0.25, 0.3) is 0 Å². The summed E-state index contributed by atoms with van der Waals surface area (Å²) in [5, 5.41) is 0. The average molecular weight is 375 g/mol. The minimum atomic E-state index is -0.431. The molecule has 0 saturated carbocycles. The maximum absolute atomic E-state index is 13.2. The first-order valence-corrected chi connectivity index (χ1v) is 7.62. The number of hydrogen-bond acceptors (Lipinski definition) is 3. The number of nitrogens with zero attached hydrogens (tertiary/aromatic N) is 1. The van der Waals surface area contributed by atoms with E-state index in [9.17, 15) is 9.18 Å². The third kappa shape index (κ3) is 3.17. The summed E-state index contributed by atoms with van der Waals surface area (Å²) in [4.78, 5) is 18.4. The van der Waals surface area contributed by atoms with E-state index in [1.54, 1.807) is 24.5 Å². The fourth-order valence-electron chi connectivity index (χ4n) is 2.35. The number of rotatable bonds is 3. The SMILES string of the molecule is CC(=O)Oc1[nH]c(Br)c(-c2ccc(F)cc2)c1-c1ccncc1. The van der Waals surface area contributed by atoms with Crippen molar-refractivity contribution in [3.05, 3.63) is 59.2 Å². The monoisotopic (exact) mass is 374 g/mol.